The van der Waals surface area contributed by atoms with Crippen LogP contribution < -0.4 is 0 Å². The summed E-state index contributed by atoms with van der Waals surface area (Å²) in [6.45, 7) is 3.68. The maximum atomic E-state index is 10.5. The predicted molar refractivity (Wildman–Crippen MR) is 59.4 cm³/mol. The minimum Gasteiger partial charge on any atom is -0.395 e. The number of aliphatic hydroxyl groups is 1. The van der Waals surface area contributed by atoms with E-state index in [1.54, 1.807) is 0 Å². The van der Waals surface area contributed by atoms with E-state index in [0.717, 1.165) is 0 Å². The molecule has 0 aliphatic rings. The van der Waals surface area contributed by atoms with Crippen LogP contribution in [0.1, 0.15) is 13.3 Å². The summed E-state index contributed by atoms with van der Waals surface area (Å²) in [7, 11) is -3.86. The lowest BCUT2D eigenvalue weighted by Crippen LogP contribution is -2.29. The van der Waals surface area contributed by atoms with Crippen LogP contribution in [-0.4, -0.2) is 55.0 Å². The molecule has 5 nitrogen and oxygen atoms in total. The molecule has 0 amide bonds. The van der Waals surface area contributed by atoms with Gasteiger partial charge in [0.25, 0.3) is 10.1 Å². The molecule has 90 valence electrons. The monoisotopic (exact) mass is 237 g/mol. The number of hydrogen-bond acceptors (Lipinski definition) is 4. The molecule has 0 spiro atoms. The van der Waals surface area contributed by atoms with Gasteiger partial charge < -0.3 is 5.11 Å². The Labute approximate surface area is 91.2 Å². The molecule has 0 saturated heterocycles. The molecule has 0 rings (SSSR count). The van der Waals surface area contributed by atoms with Gasteiger partial charge in [-0.05, 0) is 19.9 Å². The molecule has 0 heterocycles. The number of rotatable bonds is 8. The summed E-state index contributed by atoms with van der Waals surface area (Å²) in [6, 6.07) is 0. The Morgan fingerprint density at radius 2 is 2.00 bits per heavy atom. The second-order valence-electron chi connectivity index (χ2n) is 3.23. The zero-order valence-corrected chi connectivity index (χ0v) is 9.78. The third kappa shape index (κ3) is 9.86. The molecule has 0 radical (unpaired) electrons. The molecule has 0 aliphatic carbocycles. The summed E-state index contributed by atoms with van der Waals surface area (Å²) in [4.78, 5) is 1.92. The zero-order chi connectivity index (χ0) is 11.7. The van der Waals surface area contributed by atoms with Gasteiger partial charge in [0.15, 0.2) is 0 Å². The topological polar surface area (TPSA) is 77.8 Å². The van der Waals surface area contributed by atoms with Crippen LogP contribution in [0.5, 0.6) is 0 Å². The Balaban J connectivity index is 3.85. The molecule has 0 aromatic rings. The van der Waals surface area contributed by atoms with E-state index < -0.39 is 10.1 Å². The first kappa shape index (κ1) is 14.6. The molecule has 15 heavy (non-hydrogen) atoms. The quantitative estimate of drug-likeness (QED) is 0.463. The van der Waals surface area contributed by atoms with Crippen LogP contribution in [0.4, 0.5) is 0 Å². The summed E-state index contributed by atoms with van der Waals surface area (Å²) in [6.07, 6.45) is 4.20. The minimum atomic E-state index is -3.86. The summed E-state index contributed by atoms with van der Waals surface area (Å²) in [5, 5.41) is 8.76. The number of nitrogens with zero attached hydrogens (tertiary/aromatic N) is 1. The molecule has 6 heteroatoms. The van der Waals surface area contributed by atoms with Gasteiger partial charge in [-0.1, -0.05) is 12.2 Å². The smallest absolute Gasteiger partial charge is 0.264 e. The van der Waals surface area contributed by atoms with Crippen molar-refractivity contribution in [2.75, 3.05) is 32.0 Å². The standard InChI is InChI=1S/C9H19NO4S/c1-2-3-5-10(7-8-11)6-4-9-15(12,13)14/h2-3,11H,4-9H2,1H3,(H,12,13,14). The van der Waals surface area contributed by atoms with E-state index in [-0.39, 0.29) is 12.4 Å². The largest absolute Gasteiger partial charge is 0.395 e. The highest BCUT2D eigenvalue weighted by molar-refractivity contribution is 7.85. The van der Waals surface area contributed by atoms with Crippen molar-refractivity contribution >= 4 is 10.1 Å². The summed E-state index contributed by atoms with van der Waals surface area (Å²) in [5.74, 6) is -0.231. The SMILES string of the molecule is CC=CCN(CCO)CCCS(=O)(=O)O. The fraction of sp³-hybridized carbons (Fsp3) is 0.778. The third-order valence-electron chi connectivity index (χ3n) is 1.89. The number of aliphatic hydroxyl groups excluding tert-OH is 1. The molecule has 0 unspecified atom stereocenters. The first-order valence-electron chi connectivity index (χ1n) is 4.89. The van der Waals surface area contributed by atoms with Crippen LogP contribution in [-0.2, 0) is 10.1 Å². The van der Waals surface area contributed by atoms with Crippen molar-refractivity contribution < 1.29 is 18.1 Å². The van der Waals surface area contributed by atoms with Gasteiger partial charge in [-0.25, -0.2) is 0 Å². The van der Waals surface area contributed by atoms with E-state index in [0.29, 0.717) is 26.1 Å². The van der Waals surface area contributed by atoms with Crippen LogP contribution in [0.3, 0.4) is 0 Å². The summed E-state index contributed by atoms with van der Waals surface area (Å²) < 4.78 is 29.4. The first-order chi connectivity index (χ1) is 6.99. The van der Waals surface area contributed by atoms with Gasteiger partial charge in [-0.3, -0.25) is 9.45 Å². The Morgan fingerprint density at radius 3 is 2.47 bits per heavy atom. The fourth-order valence-corrected chi connectivity index (χ4v) is 1.65. The van der Waals surface area contributed by atoms with E-state index in [4.69, 9.17) is 9.66 Å². The second kappa shape index (κ2) is 7.81. The van der Waals surface area contributed by atoms with Gasteiger partial charge in [0.05, 0.1) is 12.4 Å². The van der Waals surface area contributed by atoms with Crippen molar-refractivity contribution in [3.8, 4) is 0 Å². The van der Waals surface area contributed by atoms with E-state index in [1.165, 1.54) is 0 Å². The van der Waals surface area contributed by atoms with Crippen LogP contribution in [0.25, 0.3) is 0 Å². The highest BCUT2D eigenvalue weighted by Gasteiger charge is 2.07. The summed E-state index contributed by atoms with van der Waals surface area (Å²) in [5.41, 5.74) is 0. The normalized spacial score (nSPS) is 12.8. The molecule has 0 aromatic heterocycles. The molecule has 0 fully saturated rings. The molecule has 0 atom stereocenters. The Bertz CT molecular complexity index is 274. The van der Waals surface area contributed by atoms with Crippen molar-refractivity contribution in [1.82, 2.24) is 4.90 Å². The molecule has 0 bridgehead atoms. The minimum absolute atomic E-state index is 0.0451. The van der Waals surface area contributed by atoms with Gasteiger partial charge in [-0.15, -0.1) is 0 Å². The van der Waals surface area contributed by atoms with E-state index in [9.17, 15) is 8.42 Å². The predicted octanol–water partition coefficient (Wildman–Crippen LogP) is 0.135. The Hall–Kier alpha value is -0.430. The molecule has 2 N–H and O–H groups in total. The van der Waals surface area contributed by atoms with Gasteiger partial charge in [0.2, 0.25) is 0 Å². The highest BCUT2D eigenvalue weighted by atomic mass is 32.2. The van der Waals surface area contributed by atoms with E-state index in [1.807, 2.05) is 24.0 Å². The second-order valence-corrected chi connectivity index (χ2v) is 4.80. The number of allylic oxidation sites excluding steroid dienone is 1. The molecule has 0 aromatic carbocycles. The Morgan fingerprint density at radius 1 is 1.33 bits per heavy atom. The lowest BCUT2D eigenvalue weighted by atomic mass is 10.4. The van der Waals surface area contributed by atoms with Crippen LogP contribution in [0.2, 0.25) is 0 Å². The van der Waals surface area contributed by atoms with Gasteiger partial charge in [0.1, 0.15) is 0 Å². The lowest BCUT2D eigenvalue weighted by molar-refractivity contribution is 0.208. The van der Waals surface area contributed by atoms with E-state index in [2.05, 4.69) is 0 Å². The molecular formula is C9H19NO4S. The summed E-state index contributed by atoms with van der Waals surface area (Å²) >= 11 is 0. The molecule has 0 aliphatic heterocycles. The fourth-order valence-electron chi connectivity index (χ4n) is 1.16. The molecular weight excluding hydrogens is 218 g/mol. The lowest BCUT2D eigenvalue weighted by Gasteiger charge is -2.18. The van der Waals surface area contributed by atoms with Crippen LogP contribution >= 0.6 is 0 Å². The average molecular weight is 237 g/mol. The maximum Gasteiger partial charge on any atom is 0.264 e. The third-order valence-corrected chi connectivity index (χ3v) is 2.70. The van der Waals surface area contributed by atoms with Gasteiger partial charge in [0, 0.05) is 13.1 Å². The van der Waals surface area contributed by atoms with Gasteiger partial charge >= 0.3 is 0 Å². The van der Waals surface area contributed by atoms with Crippen LogP contribution in [0.15, 0.2) is 12.2 Å². The van der Waals surface area contributed by atoms with E-state index >= 15 is 0 Å². The van der Waals surface area contributed by atoms with Crippen molar-refractivity contribution in [3.05, 3.63) is 12.2 Å². The van der Waals surface area contributed by atoms with Gasteiger partial charge in [-0.2, -0.15) is 8.42 Å². The van der Waals surface area contributed by atoms with Crippen molar-refractivity contribution in [2.24, 2.45) is 0 Å². The van der Waals surface area contributed by atoms with Crippen LogP contribution in [0, 0.1) is 0 Å². The first-order valence-corrected chi connectivity index (χ1v) is 6.50. The number of hydrogen-bond donors (Lipinski definition) is 2. The van der Waals surface area contributed by atoms with Crippen molar-refractivity contribution in [3.63, 3.8) is 0 Å². The zero-order valence-electron chi connectivity index (χ0n) is 8.96. The van der Waals surface area contributed by atoms with Crippen molar-refractivity contribution in [1.29, 1.82) is 0 Å². The average Bonchev–Trinajstić information content (AvgIpc) is 2.12. The van der Waals surface area contributed by atoms with Crippen molar-refractivity contribution in [2.45, 2.75) is 13.3 Å². The maximum absolute atomic E-state index is 10.5. The highest BCUT2D eigenvalue weighted by Crippen LogP contribution is 1.95. The molecule has 0 saturated carbocycles. The Kier molecular flexibility index (Phi) is 7.59.